The number of amides is 8. The van der Waals surface area contributed by atoms with Crippen molar-refractivity contribution in [2.24, 2.45) is 15.9 Å². The number of hydrogen-bond donors (Lipinski definition) is 11. The minimum absolute atomic E-state index is 0.00880. The molecule has 2 aromatic carbocycles. The number of alkyl carbamates (subject to hydrolysis) is 4. The zero-order valence-corrected chi connectivity index (χ0v) is 46.0. The van der Waals surface area contributed by atoms with E-state index in [0.29, 0.717) is 16.0 Å². The van der Waals surface area contributed by atoms with Crippen LogP contribution in [0.1, 0.15) is 113 Å². The molecular formula is C52H74N10O16. The highest BCUT2D eigenvalue weighted by molar-refractivity contribution is 6.03. The number of nitrogens with zero attached hydrogens (tertiary/aromatic N) is 3. The largest absolute Gasteiger partial charge is 0.508 e. The maximum absolute atomic E-state index is 14.8. The molecule has 1 aliphatic rings. The van der Waals surface area contributed by atoms with Gasteiger partial charge in [0.25, 0.3) is 11.8 Å². The molecule has 11 N–H and O–H groups in total. The lowest BCUT2D eigenvalue weighted by Gasteiger charge is -2.36. The molecule has 2 aromatic rings. The highest BCUT2D eigenvalue weighted by Crippen LogP contribution is 2.46. The van der Waals surface area contributed by atoms with Gasteiger partial charge in [-0.05, 0) is 150 Å². The van der Waals surface area contributed by atoms with Gasteiger partial charge in [0, 0.05) is 25.5 Å². The van der Waals surface area contributed by atoms with Gasteiger partial charge in [0.2, 0.25) is 29.5 Å². The Morgan fingerprint density at radius 3 is 1.35 bits per heavy atom. The highest BCUT2D eigenvalue weighted by Gasteiger charge is 2.69. The average molecular weight is 1100 g/mol. The van der Waals surface area contributed by atoms with E-state index in [1.807, 2.05) is 0 Å². The first-order valence-corrected chi connectivity index (χ1v) is 24.6. The van der Waals surface area contributed by atoms with Crippen LogP contribution in [-0.4, -0.2) is 145 Å². The quantitative estimate of drug-likeness (QED) is 0.0491. The summed E-state index contributed by atoms with van der Waals surface area (Å²) >= 11 is 0. The van der Waals surface area contributed by atoms with Gasteiger partial charge in [-0.15, -0.1) is 0 Å². The predicted octanol–water partition coefficient (Wildman–Crippen LogP) is 3.95. The molecule has 1 saturated heterocycles. The standard InChI is InChI=1S/C52H74N10O16/c1-47(2,3)75-43(69)58-41(59-44(70)76-48(4,5)6)55-26-13-25-51(73)36(24-29-56-42(60-45(71)77-49(7,8)9)61-46(72)78-50(10,11)12)52(74,39(67)57-30-37(65)53-27-22-32-14-18-34(63)19-15-32)62(40(51)68)31-38(66)54-28-23-33-16-20-35(64)21-17-33/h14-23,27-28,36,63-64,73-74H,13,24-26,29-31H2,1-12H3,(H,53,65)(H,54,66)(H,57,67)(H2,55,58,59,69,70)(H2,56,60,61,71,72)/b27-22+,28-23+/t36-,51-,52+/m0/s1. The summed E-state index contributed by atoms with van der Waals surface area (Å²) in [6, 6.07) is 11.8. The van der Waals surface area contributed by atoms with Gasteiger partial charge < -0.3 is 55.3 Å². The topological polar surface area (TPSA) is 367 Å². The minimum atomic E-state index is -3.19. The third kappa shape index (κ3) is 22.1. The molecule has 26 heteroatoms. The van der Waals surface area contributed by atoms with E-state index in [9.17, 15) is 58.8 Å². The van der Waals surface area contributed by atoms with E-state index in [4.69, 9.17) is 18.9 Å². The number of phenolic OH excluding ortho intramolecular Hbond substituents is 2. The number of guanidine groups is 2. The monoisotopic (exact) mass is 1090 g/mol. The van der Waals surface area contributed by atoms with Crippen molar-refractivity contribution in [2.45, 2.75) is 136 Å². The number of phenols is 2. The highest BCUT2D eigenvalue weighted by atomic mass is 16.6. The van der Waals surface area contributed by atoms with Crippen molar-refractivity contribution in [3.05, 3.63) is 72.1 Å². The molecule has 1 aliphatic heterocycles. The minimum Gasteiger partial charge on any atom is -0.508 e. The Kier molecular flexibility index (Phi) is 22.3. The smallest absolute Gasteiger partial charge is 0.414 e. The molecule has 0 bridgehead atoms. The van der Waals surface area contributed by atoms with Crippen LogP contribution in [0.5, 0.6) is 11.5 Å². The molecule has 0 spiro atoms. The third-order valence-electron chi connectivity index (χ3n) is 10.1. The number of carbonyl (C=O) groups excluding carboxylic acids is 8. The number of carbonyl (C=O) groups is 8. The van der Waals surface area contributed by atoms with Crippen LogP contribution >= 0.6 is 0 Å². The molecule has 1 heterocycles. The van der Waals surface area contributed by atoms with Gasteiger partial charge in [0.05, 0.1) is 12.5 Å². The zero-order chi connectivity index (χ0) is 58.9. The summed E-state index contributed by atoms with van der Waals surface area (Å²) in [5.74, 6) is -7.58. The zero-order valence-electron chi connectivity index (χ0n) is 46.0. The normalized spacial score (nSPS) is 17.5. The van der Waals surface area contributed by atoms with E-state index < -0.39 is 132 Å². The van der Waals surface area contributed by atoms with Crippen LogP contribution in [0.3, 0.4) is 0 Å². The van der Waals surface area contributed by atoms with E-state index in [-0.39, 0.29) is 24.5 Å². The number of rotatable bonds is 16. The SMILES string of the molecule is CC(C)(C)OC(=O)NC(=NCCC[C@@]1(O)C(=O)N(CC(=O)N/C=C/c2ccc(O)cc2)[C@](O)(C(=O)NCC(=O)N/C=C/c2ccc(O)cc2)[C@H]1CCN=C(NC(=O)OC(C)(C)C)NC(=O)OC(C)(C)C)NC(=O)OC(C)(C)C. The van der Waals surface area contributed by atoms with Gasteiger partial charge in [-0.25, -0.2) is 19.2 Å². The molecule has 8 amide bonds. The summed E-state index contributed by atoms with van der Waals surface area (Å²) in [4.78, 5) is 117. The number of aliphatic imine (C=N–C) groups is 2. The van der Waals surface area contributed by atoms with E-state index in [1.54, 1.807) is 95.2 Å². The Morgan fingerprint density at radius 1 is 0.590 bits per heavy atom. The maximum Gasteiger partial charge on any atom is 0.414 e. The van der Waals surface area contributed by atoms with Gasteiger partial charge in [0.1, 0.15) is 40.4 Å². The first-order chi connectivity index (χ1) is 36.0. The van der Waals surface area contributed by atoms with Crippen LogP contribution in [0, 0.1) is 5.92 Å². The molecule has 3 atom stereocenters. The fraction of sp³-hybridized carbons (Fsp3) is 0.500. The third-order valence-corrected chi connectivity index (χ3v) is 10.1. The molecule has 428 valence electrons. The number of benzene rings is 2. The summed E-state index contributed by atoms with van der Waals surface area (Å²) in [6.07, 6.45) is -0.430. The van der Waals surface area contributed by atoms with Crippen molar-refractivity contribution >= 4 is 72.1 Å². The summed E-state index contributed by atoms with van der Waals surface area (Å²) in [6.45, 7) is 16.1. The maximum atomic E-state index is 14.8. The molecule has 26 nitrogen and oxygen atoms in total. The van der Waals surface area contributed by atoms with Crippen molar-refractivity contribution in [3.63, 3.8) is 0 Å². The second kappa shape index (κ2) is 27.2. The fourth-order valence-electron chi connectivity index (χ4n) is 7.08. The van der Waals surface area contributed by atoms with Crippen molar-refractivity contribution in [1.82, 2.24) is 42.1 Å². The molecular weight excluding hydrogens is 1020 g/mol. The summed E-state index contributed by atoms with van der Waals surface area (Å²) in [5.41, 5.74) is -8.88. The van der Waals surface area contributed by atoms with Gasteiger partial charge in [-0.1, -0.05) is 24.3 Å². The first kappa shape index (κ1) is 64.0. The van der Waals surface area contributed by atoms with Crippen LogP contribution in [0.2, 0.25) is 0 Å². The molecule has 3 rings (SSSR count). The number of aliphatic hydroxyl groups is 2. The van der Waals surface area contributed by atoms with Crippen LogP contribution in [0.15, 0.2) is 70.9 Å². The molecule has 0 unspecified atom stereocenters. The molecule has 78 heavy (non-hydrogen) atoms. The number of aromatic hydroxyl groups is 2. The summed E-state index contributed by atoms with van der Waals surface area (Å²) < 4.78 is 21.3. The summed E-state index contributed by atoms with van der Waals surface area (Å²) in [5, 5.41) is 61.2. The van der Waals surface area contributed by atoms with E-state index in [2.05, 4.69) is 47.2 Å². The lowest BCUT2D eigenvalue weighted by atomic mass is 9.78. The number of nitrogens with one attached hydrogen (secondary N) is 7. The van der Waals surface area contributed by atoms with Gasteiger partial charge in [-0.3, -0.25) is 55.3 Å². The lowest BCUT2D eigenvalue weighted by molar-refractivity contribution is -0.174. The van der Waals surface area contributed by atoms with Crippen molar-refractivity contribution in [1.29, 1.82) is 0 Å². The fourth-order valence-corrected chi connectivity index (χ4v) is 7.08. The second-order valence-corrected chi connectivity index (χ2v) is 21.6. The predicted molar refractivity (Wildman–Crippen MR) is 285 cm³/mol. The Hall–Kier alpha value is -8.26. The van der Waals surface area contributed by atoms with E-state index in [0.717, 1.165) is 0 Å². The number of ether oxygens (including phenoxy) is 4. The van der Waals surface area contributed by atoms with Crippen LogP contribution in [0.4, 0.5) is 19.2 Å². The van der Waals surface area contributed by atoms with Crippen molar-refractivity contribution < 1.29 is 77.7 Å². The first-order valence-electron chi connectivity index (χ1n) is 24.6. The Morgan fingerprint density at radius 2 is 0.962 bits per heavy atom. The van der Waals surface area contributed by atoms with Crippen molar-refractivity contribution in [3.8, 4) is 11.5 Å². The van der Waals surface area contributed by atoms with E-state index in [1.165, 1.54) is 61.0 Å². The Bertz CT molecular complexity index is 2530. The Labute approximate surface area is 452 Å². The Balaban J connectivity index is 2.16. The van der Waals surface area contributed by atoms with Crippen LogP contribution in [0.25, 0.3) is 12.2 Å². The molecule has 0 radical (unpaired) electrons. The molecule has 0 saturated carbocycles. The molecule has 1 fully saturated rings. The molecule has 0 aromatic heterocycles. The second-order valence-electron chi connectivity index (χ2n) is 21.6. The number of hydrogen-bond acceptors (Lipinski definition) is 18. The number of likely N-dealkylation sites (tertiary alicyclic amines) is 1. The lowest BCUT2D eigenvalue weighted by Crippen LogP contribution is -2.62. The van der Waals surface area contributed by atoms with Crippen LogP contribution in [-0.2, 0) is 38.1 Å². The summed E-state index contributed by atoms with van der Waals surface area (Å²) in [7, 11) is 0. The van der Waals surface area contributed by atoms with Crippen molar-refractivity contribution in [2.75, 3.05) is 26.2 Å². The van der Waals surface area contributed by atoms with Gasteiger partial charge in [-0.2, -0.15) is 0 Å². The molecule has 0 aliphatic carbocycles. The van der Waals surface area contributed by atoms with Gasteiger partial charge in [0.15, 0.2) is 5.60 Å². The van der Waals surface area contributed by atoms with Crippen LogP contribution < -0.4 is 37.2 Å². The van der Waals surface area contributed by atoms with E-state index >= 15 is 0 Å². The van der Waals surface area contributed by atoms with Gasteiger partial charge >= 0.3 is 24.4 Å². The average Bonchev–Trinajstić information content (AvgIpc) is 3.43.